The van der Waals surface area contributed by atoms with Gasteiger partial charge in [0.1, 0.15) is 6.10 Å². The normalized spacial score (nSPS) is 22.1. The first-order valence-electron chi connectivity index (χ1n) is 7.02. The highest BCUT2D eigenvalue weighted by atomic mass is 16.5. The van der Waals surface area contributed by atoms with Crippen molar-refractivity contribution in [3.8, 4) is 5.88 Å². The number of imide groups is 1. The van der Waals surface area contributed by atoms with E-state index in [9.17, 15) is 9.59 Å². The van der Waals surface area contributed by atoms with Gasteiger partial charge in [0, 0.05) is 31.9 Å². The van der Waals surface area contributed by atoms with Gasteiger partial charge in [0.2, 0.25) is 5.88 Å². The van der Waals surface area contributed by atoms with Gasteiger partial charge in [-0.05, 0) is 18.9 Å². The van der Waals surface area contributed by atoms with Gasteiger partial charge in [0.25, 0.3) is 0 Å². The molecule has 4 amide bonds. The van der Waals surface area contributed by atoms with Crippen molar-refractivity contribution < 1.29 is 14.3 Å². The number of nitrogens with zero attached hydrogens (tertiary/aromatic N) is 4. The lowest BCUT2D eigenvalue weighted by Gasteiger charge is -2.34. The molecule has 21 heavy (non-hydrogen) atoms. The van der Waals surface area contributed by atoms with Gasteiger partial charge >= 0.3 is 12.1 Å². The van der Waals surface area contributed by atoms with Gasteiger partial charge in [-0.1, -0.05) is 0 Å². The molecule has 1 atom stereocenters. The van der Waals surface area contributed by atoms with Crippen molar-refractivity contribution in [2.75, 3.05) is 26.2 Å². The number of ether oxygens (including phenoxy) is 1. The fourth-order valence-corrected chi connectivity index (χ4v) is 2.55. The minimum absolute atomic E-state index is 0.120. The maximum absolute atomic E-state index is 12.3. The molecule has 2 saturated heterocycles. The molecule has 0 bridgehead atoms. The molecule has 0 spiro atoms. The average molecular weight is 291 g/mol. The van der Waals surface area contributed by atoms with Crippen molar-refractivity contribution in [3.05, 3.63) is 18.3 Å². The van der Waals surface area contributed by atoms with E-state index >= 15 is 0 Å². The molecule has 8 nitrogen and oxygen atoms in total. The van der Waals surface area contributed by atoms with Crippen LogP contribution in [0.3, 0.4) is 0 Å². The molecule has 2 aliphatic rings. The van der Waals surface area contributed by atoms with Gasteiger partial charge in [-0.15, -0.1) is 5.10 Å². The van der Waals surface area contributed by atoms with Crippen LogP contribution in [0.1, 0.15) is 12.8 Å². The van der Waals surface area contributed by atoms with Crippen molar-refractivity contribution in [3.63, 3.8) is 0 Å². The van der Waals surface area contributed by atoms with Crippen LogP contribution in [-0.2, 0) is 0 Å². The third kappa shape index (κ3) is 3.04. The van der Waals surface area contributed by atoms with Crippen molar-refractivity contribution >= 4 is 12.1 Å². The summed E-state index contributed by atoms with van der Waals surface area (Å²) < 4.78 is 5.74. The standard InChI is InChI=1S/C13H17N5O3/c19-12-14-6-8-18(12)13(20)17-7-2-3-10(9-17)21-11-4-1-5-15-16-11/h1,4-5,10H,2-3,6-9H2,(H,14,19). The van der Waals surface area contributed by atoms with Crippen molar-refractivity contribution in [2.24, 2.45) is 0 Å². The van der Waals surface area contributed by atoms with Gasteiger partial charge < -0.3 is 15.0 Å². The van der Waals surface area contributed by atoms with Gasteiger partial charge in [-0.2, -0.15) is 5.10 Å². The summed E-state index contributed by atoms with van der Waals surface area (Å²) in [5.41, 5.74) is 0. The largest absolute Gasteiger partial charge is 0.471 e. The Bertz CT molecular complexity index is 524. The fourth-order valence-electron chi connectivity index (χ4n) is 2.55. The number of urea groups is 2. The van der Waals surface area contributed by atoms with Crippen LogP contribution < -0.4 is 10.1 Å². The molecule has 2 fully saturated rings. The van der Waals surface area contributed by atoms with Crippen LogP contribution in [0.2, 0.25) is 0 Å². The van der Waals surface area contributed by atoms with E-state index < -0.39 is 0 Å². The van der Waals surface area contributed by atoms with Crippen LogP contribution >= 0.6 is 0 Å². The first kappa shape index (κ1) is 13.6. The second-order valence-corrected chi connectivity index (χ2v) is 5.06. The Kier molecular flexibility index (Phi) is 3.85. The minimum Gasteiger partial charge on any atom is -0.471 e. The molecule has 2 aliphatic heterocycles. The quantitative estimate of drug-likeness (QED) is 0.855. The SMILES string of the molecule is O=C1NCCN1C(=O)N1CCCC(Oc2cccnn2)C1. The van der Waals surface area contributed by atoms with Gasteiger partial charge in [0.05, 0.1) is 6.54 Å². The first-order valence-corrected chi connectivity index (χ1v) is 7.02. The predicted octanol–water partition coefficient (Wildman–Crippen LogP) is 0.465. The number of piperidine rings is 1. The molecule has 0 aromatic carbocycles. The maximum atomic E-state index is 12.3. The van der Waals surface area contributed by atoms with E-state index in [-0.39, 0.29) is 18.2 Å². The summed E-state index contributed by atoms with van der Waals surface area (Å²) in [4.78, 5) is 26.8. The van der Waals surface area contributed by atoms with Crippen molar-refractivity contribution in [1.29, 1.82) is 0 Å². The van der Waals surface area contributed by atoms with Crippen LogP contribution in [0.15, 0.2) is 18.3 Å². The van der Waals surface area contributed by atoms with E-state index in [0.29, 0.717) is 32.1 Å². The lowest BCUT2D eigenvalue weighted by molar-refractivity contribution is 0.0875. The lowest BCUT2D eigenvalue weighted by Crippen LogP contribution is -2.50. The smallest absolute Gasteiger partial charge is 0.328 e. The number of hydrogen-bond acceptors (Lipinski definition) is 5. The molecule has 3 rings (SSSR count). The van der Waals surface area contributed by atoms with E-state index in [2.05, 4.69) is 15.5 Å². The summed E-state index contributed by atoms with van der Waals surface area (Å²) in [6.45, 7) is 2.03. The van der Waals surface area contributed by atoms with Gasteiger partial charge in [-0.25, -0.2) is 14.5 Å². The monoisotopic (exact) mass is 291 g/mol. The predicted molar refractivity (Wildman–Crippen MR) is 72.8 cm³/mol. The van der Waals surface area contributed by atoms with Gasteiger partial charge in [-0.3, -0.25) is 0 Å². The molecule has 0 saturated carbocycles. The summed E-state index contributed by atoms with van der Waals surface area (Å²) >= 11 is 0. The Hall–Kier alpha value is -2.38. The van der Waals surface area contributed by atoms with Crippen molar-refractivity contribution in [1.82, 2.24) is 25.3 Å². The van der Waals surface area contributed by atoms with Crippen LogP contribution in [0.4, 0.5) is 9.59 Å². The van der Waals surface area contributed by atoms with Crippen LogP contribution in [0, 0.1) is 0 Å². The highest BCUT2D eigenvalue weighted by Gasteiger charge is 2.33. The number of amides is 4. The van der Waals surface area contributed by atoms with E-state index in [1.54, 1.807) is 23.2 Å². The molecule has 1 aromatic rings. The molecule has 112 valence electrons. The third-order valence-corrected chi connectivity index (χ3v) is 3.57. The van der Waals surface area contributed by atoms with E-state index in [0.717, 1.165) is 12.8 Å². The Labute approximate surface area is 122 Å². The number of hydrogen-bond donors (Lipinski definition) is 1. The molecule has 0 radical (unpaired) electrons. The number of aromatic nitrogens is 2. The zero-order chi connectivity index (χ0) is 14.7. The Morgan fingerprint density at radius 2 is 2.33 bits per heavy atom. The molecular weight excluding hydrogens is 274 g/mol. The summed E-state index contributed by atoms with van der Waals surface area (Å²) in [7, 11) is 0. The number of rotatable bonds is 2. The summed E-state index contributed by atoms with van der Waals surface area (Å²) in [6, 6.07) is 2.92. The minimum atomic E-state index is -0.322. The first-order chi connectivity index (χ1) is 10.2. The highest BCUT2D eigenvalue weighted by molar-refractivity contribution is 5.95. The van der Waals surface area contributed by atoms with E-state index in [4.69, 9.17) is 4.74 Å². The fraction of sp³-hybridized carbons (Fsp3) is 0.538. The Morgan fingerprint density at radius 3 is 3.05 bits per heavy atom. The van der Waals surface area contributed by atoms with Crippen LogP contribution in [0.5, 0.6) is 5.88 Å². The third-order valence-electron chi connectivity index (χ3n) is 3.57. The van der Waals surface area contributed by atoms with Crippen LogP contribution in [0.25, 0.3) is 0 Å². The number of carbonyl (C=O) groups is 2. The van der Waals surface area contributed by atoms with Crippen molar-refractivity contribution in [2.45, 2.75) is 18.9 Å². The lowest BCUT2D eigenvalue weighted by atomic mass is 10.1. The Morgan fingerprint density at radius 1 is 1.43 bits per heavy atom. The molecule has 0 aliphatic carbocycles. The number of carbonyl (C=O) groups excluding carboxylic acids is 2. The second kappa shape index (κ2) is 5.94. The summed E-state index contributed by atoms with van der Waals surface area (Å²) in [6.07, 6.45) is 3.15. The average Bonchev–Trinajstić information content (AvgIpc) is 2.94. The zero-order valence-corrected chi connectivity index (χ0v) is 11.6. The molecule has 1 aromatic heterocycles. The number of nitrogens with one attached hydrogen (secondary N) is 1. The molecule has 3 heterocycles. The Balaban J connectivity index is 1.60. The summed E-state index contributed by atoms with van der Waals surface area (Å²) in [5.74, 6) is 0.454. The highest BCUT2D eigenvalue weighted by Crippen LogP contribution is 2.17. The molecular formula is C13H17N5O3. The maximum Gasteiger partial charge on any atom is 0.328 e. The topological polar surface area (TPSA) is 87.7 Å². The molecule has 8 heteroatoms. The van der Waals surface area contributed by atoms with Crippen LogP contribution in [-0.4, -0.2) is 64.3 Å². The van der Waals surface area contributed by atoms with Gasteiger partial charge in [0.15, 0.2) is 0 Å². The molecule has 1 unspecified atom stereocenters. The van der Waals surface area contributed by atoms with E-state index in [1.165, 1.54) is 4.90 Å². The van der Waals surface area contributed by atoms with E-state index in [1.807, 2.05) is 0 Å². The zero-order valence-electron chi connectivity index (χ0n) is 11.6. The number of likely N-dealkylation sites (tertiary alicyclic amines) is 1. The summed E-state index contributed by atoms with van der Waals surface area (Å²) in [5, 5.41) is 10.3. The second-order valence-electron chi connectivity index (χ2n) is 5.06. The molecule has 1 N–H and O–H groups in total.